The van der Waals surface area contributed by atoms with Crippen LogP contribution in [0.25, 0.3) is 10.8 Å². The van der Waals surface area contributed by atoms with Gasteiger partial charge in [0.25, 0.3) is 0 Å². The summed E-state index contributed by atoms with van der Waals surface area (Å²) in [4.78, 5) is 4.35. The smallest absolute Gasteiger partial charge is 0.210 e. The molecular formula is C14H17BrN4. The fraction of sp³-hybridized carbons (Fsp3) is 0.214. The van der Waals surface area contributed by atoms with Crippen LogP contribution in [0.3, 0.4) is 0 Å². The van der Waals surface area contributed by atoms with Gasteiger partial charge in [0.2, 0.25) is 5.96 Å². The second-order valence-corrected chi connectivity index (χ2v) is 5.46. The van der Waals surface area contributed by atoms with Crippen molar-refractivity contribution in [2.45, 2.75) is 19.9 Å². The molecule has 0 saturated carbocycles. The zero-order valence-corrected chi connectivity index (χ0v) is 12.5. The molecule has 4 nitrogen and oxygen atoms in total. The lowest BCUT2D eigenvalue weighted by molar-refractivity contribution is 0.819. The maximum Gasteiger partial charge on any atom is 0.210 e. The van der Waals surface area contributed by atoms with Gasteiger partial charge in [-0.2, -0.15) is 0 Å². The van der Waals surface area contributed by atoms with Crippen LogP contribution in [0.1, 0.15) is 13.8 Å². The van der Waals surface area contributed by atoms with Crippen LogP contribution in [0.4, 0.5) is 5.69 Å². The van der Waals surface area contributed by atoms with Crippen LogP contribution in [0.15, 0.2) is 45.9 Å². The van der Waals surface area contributed by atoms with Crippen molar-refractivity contribution in [3.63, 3.8) is 0 Å². The first-order chi connectivity index (χ1) is 9.08. The van der Waals surface area contributed by atoms with Gasteiger partial charge in [0.1, 0.15) is 0 Å². The van der Waals surface area contributed by atoms with Gasteiger partial charge >= 0.3 is 0 Å². The summed E-state index contributed by atoms with van der Waals surface area (Å²) in [5.74, 6) is 6.01. The van der Waals surface area contributed by atoms with Crippen molar-refractivity contribution >= 4 is 38.3 Å². The van der Waals surface area contributed by atoms with E-state index in [-0.39, 0.29) is 6.04 Å². The highest BCUT2D eigenvalue weighted by molar-refractivity contribution is 9.10. The van der Waals surface area contributed by atoms with Crippen molar-refractivity contribution in [1.29, 1.82) is 0 Å². The van der Waals surface area contributed by atoms with Crippen molar-refractivity contribution in [3.8, 4) is 0 Å². The summed E-state index contributed by atoms with van der Waals surface area (Å²) in [5, 5.41) is 5.51. The molecule has 0 unspecified atom stereocenters. The highest BCUT2D eigenvalue weighted by atomic mass is 79.9. The van der Waals surface area contributed by atoms with Crippen LogP contribution in [-0.2, 0) is 0 Å². The third kappa shape index (κ3) is 3.68. The topological polar surface area (TPSA) is 62.4 Å². The van der Waals surface area contributed by atoms with Gasteiger partial charge in [0.15, 0.2) is 0 Å². The van der Waals surface area contributed by atoms with Gasteiger partial charge in [-0.25, -0.2) is 10.8 Å². The van der Waals surface area contributed by atoms with Crippen molar-refractivity contribution in [1.82, 2.24) is 5.43 Å². The van der Waals surface area contributed by atoms with E-state index < -0.39 is 0 Å². The van der Waals surface area contributed by atoms with Crippen LogP contribution < -0.4 is 16.6 Å². The van der Waals surface area contributed by atoms with E-state index in [0.29, 0.717) is 5.96 Å². The largest absolute Gasteiger partial charge is 0.325 e. The summed E-state index contributed by atoms with van der Waals surface area (Å²) >= 11 is 3.47. The normalized spacial score (nSPS) is 11.9. The number of aliphatic imine (C=N–C) groups is 1. The van der Waals surface area contributed by atoms with E-state index in [0.717, 1.165) is 15.5 Å². The van der Waals surface area contributed by atoms with E-state index in [1.807, 2.05) is 26.0 Å². The lowest BCUT2D eigenvalue weighted by Gasteiger charge is -2.11. The minimum atomic E-state index is 0.176. The summed E-state index contributed by atoms with van der Waals surface area (Å²) in [7, 11) is 0. The standard InChI is InChI=1S/C14H17BrN4/c1-9(2)17-14(19-16)18-13-6-4-10-7-12(15)5-3-11(10)8-13/h3-9H,16H2,1-2H3,(H2,17,18,19). The number of nitrogens with zero attached hydrogens (tertiary/aromatic N) is 1. The van der Waals surface area contributed by atoms with Crippen LogP contribution in [0, 0.1) is 0 Å². The Bertz CT molecular complexity index is 607. The molecule has 0 spiro atoms. The fourth-order valence-electron chi connectivity index (χ4n) is 1.79. The predicted octanol–water partition coefficient (Wildman–Crippen LogP) is 3.24. The summed E-state index contributed by atoms with van der Waals surface area (Å²) in [6.45, 7) is 3.99. The lowest BCUT2D eigenvalue weighted by atomic mass is 10.1. The van der Waals surface area contributed by atoms with Gasteiger partial charge in [0, 0.05) is 16.2 Å². The molecule has 2 rings (SSSR count). The van der Waals surface area contributed by atoms with Gasteiger partial charge in [-0.05, 0) is 48.9 Å². The van der Waals surface area contributed by atoms with Crippen molar-refractivity contribution in [2.75, 3.05) is 5.32 Å². The first-order valence-corrected chi connectivity index (χ1v) is 6.88. The Hall–Kier alpha value is -1.59. The zero-order valence-electron chi connectivity index (χ0n) is 10.9. The first kappa shape index (κ1) is 13.8. The van der Waals surface area contributed by atoms with Gasteiger partial charge in [-0.3, -0.25) is 5.43 Å². The molecule has 0 aliphatic heterocycles. The molecule has 2 aromatic carbocycles. The van der Waals surface area contributed by atoms with Gasteiger partial charge in [-0.15, -0.1) is 0 Å². The lowest BCUT2D eigenvalue weighted by Crippen LogP contribution is -2.36. The molecule has 100 valence electrons. The van der Waals surface area contributed by atoms with E-state index >= 15 is 0 Å². The second-order valence-electron chi connectivity index (χ2n) is 4.55. The maximum absolute atomic E-state index is 5.45. The quantitative estimate of drug-likeness (QED) is 0.344. The number of halogens is 1. The third-order valence-corrected chi connectivity index (χ3v) is 3.08. The van der Waals surface area contributed by atoms with Crippen LogP contribution in [0.5, 0.6) is 0 Å². The van der Waals surface area contributed by atoms with Gasteiger partial charge in [0.05, 0.1) is 0 Å². The number of hydrazine groups is 1. The Kier molecular flexibility index (Phi) is 4.39. The third-order valence-electron chi connectivity index (χ3n) is 2.59. The molecule has 0 radical (unpaired) electrons. The SMILES string of the molecule is CC(C)N=C(NN)Nc1ccc2cc(Br)ccc2c1. The average Bonchev–Trinajstić information content (AvgIpc) is 2.37. The molecular weight excluding hydrogens is 304 g/mol. The van der Waals surface area contributed by atoms with E-state index in [2.05, 4.69) is 55.9 Å². The van der Waals surface area contributed by atoms with Crippen molar-refractivity contribution < 1.29 is 0 Å². The Morgan fingerprint density at radius 3 is 2.53 bits per heavy atom. The van der Waals surface area contributed by atoms with Crippen molar-refractivity contribution in [2.24, 2.45) is 10.8 Å². The van der Waals surface area contributed by atoms with Gasteiger partial charge in [-0.1, -0.05) is 28.1 Å². The molecule has 0 atom stereocenters. The predicted molar refractivity (Wildman–Crippen MR) is 85.2 cm³/mol. The number of benzene rings is 2. The number of guanidine groups is 1. The summed E-state index contributed by atoms with van der Waals surface area (Å²) in [6, 6.07) is 12.5. The molecule has 0 aliphatic rings. The molecule has 0 aromatic heterocycles. The molecule has 0 aliphatic carbocycles. The number of anilines is 1. The minimum absolute atomic E-state index is 0.176. The highest BCUT2D eigenvalue weighted by Crippen LogP contribution is 2.22. The average molecular weight is 321 g/mol. The summed E-state index contributed by atoms with van der Waals surface area (Å²) in [5.41, 5.74) is 3.52. The number of hydrogen-bond donors (Lipinski definition) is 3. The zero-order chi connectivity index (χ0) is 13.8. The van der Waals surface area contributed by atoms with E-state index in [1.54, 1.807) is 0 Å². The van der Waals surface area contributed by atoms with E-state index in [9.17, 15) is 0 Å². The number of hydrogen-bond acceptors (Lipinski definition) is 2. The number of fused-ring (bicyclic) bond motifs is 1. The molecule has 0 fully saturated rings. The Balaban J connectivity index is 2.28. The monoisotopic (exact) mass is 320 g/mol. The molecule has 2 aromatic rings. The second kappa shape index (κ2) is 6.04. The Morgan fingerprint density at radius 2 is 1.84 bits per heavy atom. The Labute approximate surface area is 121 Å². The fourth-order valence-corrected chi connectivity index (χ4v) is 2.17. The first-order valence-electron chi connectivity index (χ1n) is 6.09. The van der Waals surface area contributed by atoms with E-state index in [4.69, 9.17) is 5.84 Å². The molecule has 0 heterocycles. The number of rotatable bonds is 2. The Morgan fingerprint density at radius 1 is 1.16 bits per heavy atom. The van der Waals surface area contributed by atoms with Crippen LogP contribution in [0.2, 0.25) is 0 Å². The summed E-state index contributed by atoms with van der Waals surface area (Å²) in [6.07, 6.45) is 0. The van der Waals surface area contributed by atoms with Crippen LogP contribution >= 0.6 is 15.9 Å². The molecule has 19 heavy (non-hydrogen) atoms. The molecule has 4 N–H and O–H groups in total. The number of nitrogens with two attached hydrogens (primary N) is 1. The van der Waals surface area contributed by atoms with Crippen LogP contribution in [-0.4, -0.2) is 12.0 Å². The van der Waals surface area contributed by atoms with E-state index in [1.165, 1.54) is 5.39 Å². The summed E-state index contributed by atoms with van der Waals surface area (Å²) < 4.78 is 1.08. The minimum Gasteiger partial charge on any atom is -0.325 e. The number of nitrogens with one attached hydrogen (secondary N) is 2. The van der Waals surface area contributed by atoms with Crippen molar-refractivity contribution in [3.05, 3.63) is 40.9 Å². The molecule has 0 saturated heterocycles. The maximum atomic E-state index is 5.45. The molecule has 0 bridgehead atoms. The molecule has 0 amide bonds. The van der Waals surface area contributed by atoms with Gasteiger partial charge < -0.3 is 5.32 Å². The highest BCUT2D eigenvalue weighted by Gasteiger charge is 2.01. The molecule has 5 heteroatoms.